The van der Waals surface area contributed by atoms with Crippen molar-refractivity contribution in [2.75, 3.05) is 4.90 Å². The Morgan fingerprint density at radius 2 is 0.796 bits per heavy atom. The number of furan rings is 1. The van der Waals surface area contributed by atoms with Crippen LogP contribution < -0.4 is 4.90 Å². The lowest BCUT2D eigenvalue weighted by molar-refractivity contribution is 0.669. The van der Waals surface area contributed by atoms with Gasteiger partial charge in [-0.3, -0.25) is 0 Å². The molecular weight excluding hydrogens is 655 g/mol. The van der Waals surface area contributed by atoms with Crippen molar-refractivity contribution in [3.05, 3.63) is 212 Å². The first-order valence-electron chi connectivity index (χ1n) is 18.4. The Morgan fingerprint density at radius 1 is 0.296 bits per heavy atom. The molecule has 9 aromatic carbocycles. The first-order valence-corrected chi connectivity index (χ1v) is 18.4. The first-order chi connectivity index (χ1) is 26.8. The average Bonchev–Trinajstić information content (AvgIpc) is 3.63. The summed E-state index contributed by atoms with van der Waals surface area (Å²) in [6.45, 7) is 0. The Bertz CT molecular complexity index is 2920. The van der Waals surface area contributed by atoms with Crippen LogP contribution in [0.5, 0.6) is 0 Å². The largest absolute Gasteiger partial charge is 0.456 e. The summed E-state index contributed by atoms with van der Waals surface area (Å²) in [5.74, 6) is 0. The number of rotatable bonds is 7. The molecule has 10 aromatic rings. The van der Waals surface area contributed by atoms with Gasteiger partial charge >= 0.3 is 0 Å². The fourth-order valence-electron chi connectivity index (χ4n) is 7.87. The van der Waals surface area contributed by atoms with E-state index in [9.17, 15) is 0 Å². The monoisotopic (exact) mass is 689 g/mol. The van der Waals surface area contributed by atoms with Gasteiger partial charge in [0.1, 0.15) is 11.2 Å². The van der Waals surface area contributed by atoms with Gasteiger partial charge in [0.25, 0.3) is 0 Å². The molecule has 0 aliphatic carbocycles. The van der Waals surface area contributed by atoms with Crippen molar-refractivity contribution in [3.63, 3.8) is 0 Å². The van der Waals surface area contributed by atoms with Crippen LogP contribution in [0, 0.1) is 0 Å². The SMILES string of the molecule is c1ccc(-c2ccccc2N(c2ccc(-c3ccc(-c4cccc5ccccc45)cc3)cc2)c2ccccc2-c2ccc3c(c2)oc2ccccc23)cc1. The zero-order valence-corrected chi connectivity index (χ0v) is 29.6. The van der Waals surface area contributed by atoms with Crippen LogP contribution in [-0.2, 0) is 0 Å². The fourth-order valence-corrected chi connectivity index (χ4v) is 7.87. The van der Waals surface area contributed by atoms with Gasteiger partial charge in [-0.25, -0.2) is 0 Å². The van der Waals surface area contributed by atoms with Crippen LogP contribution in [0.3, 0.4) is 0 Å². The van der Waals surface area contributed by atoms with Crippen LogP contribution in [0.15, 0.2) is 217 Å². The molecule has 0 N–H and O–H groups in total. The van der Waals surface area contributed by atoms with Crippen molar-refractivity contribution in [1.82, 2.24) is 0 Å². The maximum Gasteiger partial charge on any atom is 0.136 e. The van der Waals surface area contributed by atoms with Crippen molar-refractivity contribution in [2.24, 2.45) is 0 Å². The van der Waals surface area contributed by atoms with E-state index in [2.05, 4.69) is 205 Å². The summed E-state index contributed by atoms with van der Waals surface area (Å²) >= 11 is 0. The Hall–Kier alpha value is -7.16. The number of benzene rings is 9. The molecule has 0 radical (unpaired) electrons. The highest BCUT2D eigenvalue weighted by atomic mass is 16.3. The molecule has 2 nitrogen and oxygen atoms in total. The molecule has 1 heterocycles. The summed E-state index contributed by atoms with van der Waals surface area (Å²) in [5.41, 5.74) is 14.4. The smallest absolute Gasteiger partial charge is 0.136 e. The molecule has 0 unspecified atom stereocenters. The van der Waals surface area contributed by atoms with Gasteiger partial charge in [-0.15, -0.1) is 0 Å². The molecule has 0 aliphatic rings. The van der Waals surface area contributed by atoms with Crippen LogP contribution in [0.2, 0.25) is 0 Å². The number of hydrogen-bond donors (Lipinski definition) is 0. The van der Waals surface area contributed by atoms with E-state index in [0.717, 1.165) is 55.7 Å². The minimum Gasteiger partial charge on any atom is -0.456 e. The van der Waals surface area contributed by atoms with Gasteiger partial charge in [0.15, 0.2) is 0 Å². The number of nitrogens with zero attached hydrogens (tertiary/aromatic N) is 1. The second-order valence-corrected chi connectivity index (χ2v) is 13.7. The van der Waals surface area contributed by atoms with Crippen molar-refractivity contribution in [3.8, 4) is 44.5 Å². The Kier molecular flexibility index (Phi) is 7.85. The Morgan fingerprint density at radius 3 is 1.56 bits per heavy atom. The lowest BCUT2D eigenvalue weighted by Crippen LogP contribution is -2.12. The van der Waals surface area contributed by atoms with E-state index >= 15 is 0 Å². The molecule has 0 saturated carbocycles. The highest BCUT2D eigenvalue weighted by Gasteiger charge is 2.21. The molecule has 0 amide bonds. The molecule has 0 bridgehead atoms. The van der Waals surface area contributed by atoms with E-state index in [1.54, 1.807) is 0 Å². The Balaban J connectivity index is 1.08. The van der Waals surface area contributed by atoms with Gasteiger partial charge in [-0.1, -0.05) is 170 Å². The quantitative estimate of drug-likeness (QED) is 0.166. The van der Waals surface area contributed by atoms with Gasteiger partial charge in [0.2, 0.25) is 0 Å². The topological polar surface area (TPSA) is 16.4 Å². The van der Waals surface area contributed by atoms with E-state index in [1.807, 2.05) is 12.1 Å². The zero-order valence-electron chi connectivity index (χ0n) is 29.6. The third-order valence-electron chi connectivity index (χ3n) is 10.5. The van der Waals surface area contributed by atoms with Crippen molar-refractivity contribution in [2.45, 2.75) is 0 Å². The highest BCUT2D eigenvalue weighted by molar-refractivity contribution is 6.06. The van der Waals surface area contributed by atoms with E-state index in [0.29, 0.717) is 0 Å². The maximum absolute atomic E-state index is 6.35. The zero-order chi connectivity index (χ0) is 35.8. The molecule has 10 rings (SSSR count). The number of anilines is 3. The van der Waals surface area contributed by atoms with Gasteiger partial charge in [-0.05, 0) is 86.6 Å². The summed E-state index contributed by atoms with van der Waals surface area (Å²) in [7, 11) is 0. The van der Waals surface area contributed by atoms with Gasteiger partial charge in [0.05, 0.1) is 11.4 Å². The van der Waals surface area contributed by atoms with Gasteiger partial charge in [-0.2, -0.15) is 0 Å². The number of fused-ring (bicyclic) bond motifs is 4. The van der Waals surface area contributed by atoms with E-state index in [4.69, 9.17) is 4.42 Å². The van der Waals surface area contributed by atoms with Crippen molar-refractivity contribution < 1.29 is 4.42 Å². The second-order valence-electron chi connectivity index (χ2n) is 13.7. The fraction of sp³-hybridized carbons (Fsp3) is 0. The number of hydrogen-bond acceptors (Lipinski definition) is 2. The predicted molar refractivity (Wildman–Crippen MR) is 228 cm³/mol. The third-order valence-corrected chi connectivity index (χ3v) is 10.5. The van der Waals surface area contributed by atoms with E-state index in [-0.39, 0.29) is 0 Å². The summed E-state index contributed by atoms with van der Waals surface area (Å²) in [5, 5.41) is 4.78. The predicted octanol–water partition coefficient (Wildman–Crippen LogP) is 14.9. The summed E-state index contributed by atoms with van der Waals surface area (Å²) in [6, 6.07) is 75.9. The molecule has 0 fully saturated rings. The van der Waals surface area contributed by atoms with Crippen LogP contribution in [0.1, 0.15) is 0 Å². The first kappa shape index (κ1) is 31.6. The van der Waals surface area contributed by atoms with Gasteiger partial charge < -0.3 is 9.32 Å². The molecule has 54 heavy (non-hydrogen) atoms. The van der Waals surface area contributed by atoms with Crippen molar-refractivity contribution in [1.29, 1.82) is 0 Å². The lowest BCUT2D eigenvalue weighted by atomic mass is 9.96. The Labute approximate surface area is 314 Å². The standard InChI is InChI=1S/C52H35NO/c1-2-13-39(14-3-1)45-18-6-9-22-49(45)53(50-23-10-7-19-46(50)41-31-34-48-47-20-8-11-24-51(47)54-52(48)35-41)42-32-29-37(30-33-42)36-25-27-40(28-26-36)44-21-12-16-38-15-4-5-17-43(38)44/h1-35H. The van der Waals surface area contributed by atoms with Crippen molar-refractivity contribution >= 4 is 49.8 Å². The third kappa shape index (κ3) is 5.62. The summed E-state index contributed by atoms with van der Waals surface area (Å²) < 4.78 is 6.35. The highest BCUT2D eigenvalue weighted by Crippen LogP contribution is 2.45. The average molecular weight is 690 g/mol. The molecule has 0 aliphatic heterocycles. The molecule has 2 heteroatoms. The number of para-hydroxylation sites is 3. The van der Waals surface area contributed by atoms with Crippen LogP contribution in [-0.4, -0.2) is 0 Å². The normalized spacial score (nSPS) is 11.3. The molecule has 0 atom stereocenters. The van der Waals surface area contributed by atoms with Crippen LogP contribution in [0.4, 0.5) is 17.1 Å². The lowest BCUT2D eigenvalue weighted by Gasteiger charge is -2.30. The maximum atomic E-state index is 6.35. The molecule has 254 valence electrons. The van der Waals surface area contributed by atoms with E-state index < -0.39 is 0 Å². The molecular formula is C52H35NO. The second kappa shape index (κ2) is 13.4. The van der Waals surface area contributed by atoms with Crippen LogP contribution in [0.25, 0.3) is 77.2 Å². The molecule has 0 saturated heterocycles. The minimum atomic E-state index is 0.885. The van der Waals surface area contributed by atoms with E-state index in [1.165, 1.54) is 38.6 Å². The summed E-state index contributed by atoms with van der Waals surface area (Å²) in [4.78, 5) is 2.40. The molecule has 0 spiro atoms. The van der Waals surface area contributed by atoms with Gasteiger partial charge in [0, 0.05) is 27.6 Å². The summed E-state index contributed by atoms with van der Waals surface area (Å²) in [6.07, 6.45) is 0. The molecule has 1 aromatic heterocycles. The minimum absolute atomic E-state index is 0.885. The van der Waals surface area contributed by atoms with Crippen LogP contribution >= 0.6 is 0 Å².